The van der Waals surface area contributed by atoms with Gasteiger partial charge in [-0.2, -0.15) is 0 Å². The highest BCUT2D eigenvalue weighted by atomic mass is 16.5. The average Bonchev–Trinajstić information content (AvgIpc) is 2.42. The zero-order chi connectivity index (χ0) is 12.0. The van der Waals surface area contributed by atoms with Crippen molar-refractivity contribution >= 4 is 5.97 Å². The van der Waals surface area contributed by atoms with E-state index >= 15 is 0 Å². The maximum Gasteiger partial charge on any atom is 0.307 e. The number of carbonyl (C=O) groups excluding carboxylic acids is 1. The third-order valence-corrected chi connectivity index (χ3v) is 3.76. The number of ether oxygens (including phenoxy) is 1. The molecule has 3 heteroatoms. The number of carbonyl (C=O) groups is 1. The summed E-state index contributed by atoms with van der Waals surface area (Å²) >= 11 is 0. The summed E-state index contributed by atoms with van der Waals surface area (Å²) in [4.78, 5) is 11.3. The third kappa shape index (κ3) is 4.12. The minimum Gasteiger partial charge on any atom is -0.469 e. The van der Waals surface area contributed by atoms with Crippen LogP contribution in [0.25, 0.3) is 0 Å². The van der Waals surface area contributed by atoms with Crippen molar-refractivity contribution in [1.82, 2.24) is 0 Å². The topological polar surface area (TPSA) is 52.3 Å². The minimum atomic E-state index is -0.310. The maximum atomic E-state index is 11.3. The van der Waals surface area contributed by atoms with Crippen LogP contribution in [0.5, 0.6) is 0 Å². The first kappa shape index (κ1) is 13.5. The highest BCUT2D eigenvalue weighted by molar-refractivity contribution is 5.70. The van der Waals surface area contributed by atoms with E-state index in [9.17, 15) is 4.79 Å². The number of methoxy groups -OCH3 is 1. The molecule has 0 heterocycles. The number of nitrogens with two attached hydrogens (primary N) is 1. The van der Waals surface area contributed by atoms with Crippen LogP contribution in [0.2, 0.25) is 0 Å². The zero-order valence-corrected chi connectivity index (χ0v) is 10.6. The first-order valence-electron chi connectivity index (χ1n) is 6.45. The monoisotopic (exact) mass is 227 g/mol. The van der Waals surface area contributed by atoms with Crippen molar-refractivity contribution in [2.24, 2.45) is 11.7 Å². The quantitative estimate of drug-likeness (QED) is 0.593. The van der Waals surface area contributed by atoms with E-state index < -0.39 is 0 Å². The van der Waals surface area contributed by atoms with Crippen LogP contribution in [0.1, 0.15) is 58.3 Å². The van der Waals surface area contributed by atoms with Gasteiger partial charge in [0.2, 0.25) is 0 Å². The van der Waals surface area contributed by atoms with Gasteiger partial charge in [-0.05, 0) is 25.2 Å². The molecule has 0 spiro atoms. The minimum absolute atomic E-state index is 0.170. The molecular formula is C13H25NO2. The van der Waals surface area contributed by atoms with E-state index in [-0.39, 0.29) is 11.5 Å². The summed E-state index contributed by atoms with van der Waals surface area (Å²) < 4.78 is 4.71. The highest BCUT2D eigenvalue weighted by Crippen LogP contribution is 2.33. The molecular weight excluding hydrogens is 202 g/mol. The van der Waals surface area contributed by atoms with Crippen LogP contribution >= 0.6 is 0 Å². The Kier molecular flexibility index (Phi) is 5.26. The Balaban J connectivity index is 2.47. The molecule has 1 aliphatic carbocycles. The first-order valence-corrected chi connectivity index (χ1v) is 6.45. The molecule has 16 heavy (non-hydrogen) atoms. The molecule has 2 atom stereocenters. The molecule has 1 saturated carbocycles. The number of esters is 1. The molecule has 0 aromatic heterocycles. The van der Waals surface area contributed by atoms with E-state index in [1.165, 1.54) is 32.8 Å². The predicted molar refractivity (Wildman–Crippen MR) is 65.0 cm³/mol. The van der Waals surface area contributed by atoms with Gasteiger partial charge < -0.3 is 10.5 Å². The van der Waals surface area contributed by atoms with E-state index in [0.717, 1.165) is 25.2 Å². The second-order valence-electron chi connectivity index (χ2n) is 5.20. The Morgan fingerprint density at radius 1 is 1.44 bits per heavy atom. The van der Waals surface area contributed by atoms with Crippen molar-refractivity contribution < 1.29 is 9.53 Å². The largest absolute Gasteiger partial charge is 0.469 e. The van der Waals surface area contributed by atoms with E-state index in [1.54, 1.807) is 0 Å². The molecule has 94 valence electrons. The molecule has 0 aromatic rings. The second kappa shape index (κ2) is 6.24. The molecule has 0 saturated heterocycles. The van der Waals surface area contributed by atoms with Crippen LogP contribution in [-0.4, -0.2) is 18.6 Å². The second-order valence-corrected chi connectivity index (χ2v) is 5.20. The Morgan fingerprint density at radius 3 is 2.81 bits per heavy atom. The van der Waals surface area contributed by atoms with Gasteiger partial charge in [-0.3, -0.25) is 4.79 Å². The molecule has 0 bridgehead atoms. The smallest absolute Gasteiger partial charge is 0.307 e. The summed E-state index contributed by atoms with van der Waals surface area (Å²) in [5, 5.41) is 0. The van der Waals surface area contributed by atoms with Crippen LogP contribution in [0.15, 0.2) is 0 Å². The molecule has 0 aliphatic heterocycles. The van der Waals surface area contributed by atoms with Crippen molar-refractivity contribution in [2.45, 2.75) is 63.8 Å². The first-order chi connectivity index (χ1) is 7.59. The normalized spacial score (nSPS) is 30.8. The summed E-state index contributed by atoms with van der Waals surface area (Å²) in [5.74, 6) is 0.643. The molecule has 0 aromatic carbocycles. The molecule has 0 amide bonds. The van der Waals surface area contributed by atoms with Crippen molar-refractivity contribution in [2.75, 3.05) is 7.11 Å². The molecule has 2 unspecified atom stereocenters. The van der Waals surface area contributed by atoms with Crippen molar-refractivity contribution in [3.63, 3.8) is 0 Å². The Hall–Kier alpha value is -0.570. The lowest BCUT2D eigenvalue weighted by molar-refractivity contribution is -0.142. The Bertz CT molecular complexity index is 230. The van der Waals surface area contributed by atoms with E-state index in [4.69, 9.17) is 10.5 Å². The number of hydrogen-bond donors (Lipinski definition) is 1. The lowest BCUT2D eigenvalue weighted by atomic mass is 9.87. The number of hydrogen-bond acceptors (Lipinski definition) is 3. The van der Waals surface area contributed by atoms with Gasteiger partial charge in [-0.15, -0.1) is 0 Å². The fraction of sp³-hybridized carbons (Fsp3) is 0.923. The van der Waals surface area contributed by atoms with Gasteiger partial charge in [-0.1, -0.05) is 32.6 Å². The predicted octanol–water partition coefficient (Wildman–Crippen LogP) is 2.63. The van der Waals surface area contributed by atoms with Gasteiger partial charge in [0, 0.05) is 5.54 Å². The SMILES string of the molecule is CCCC1CCCC(N)(CC(=O)OC)CC1. The summed E-state index contributed by atoms with van der Waals surface area (Å²) in [5.41, 5.74) is 5.98. The lowest BCUT2D eigenvalue weighted by Gasteiger charge is -2.26. The Morgan fingerprint density at radius 2 is 2.19 bits per heavy atom. The van der Waals surface area contributed by atoms with Gasteiger partial charge in [-0.25, -0.2) is 0 Å². The van der Waals surface area contributed by atoms with Crippen molar-refractivity contribution in [3.05, 3.63) is 0 Å². The van der Waals surface area contributed by atoms with Crippen molar-refractivity contribution in [1.29, 1.82) is 0 Å². The summed E-state index contributed by atoms with van der Waals surface area (Å²) in [6, 6.07) is 0. The molecule has 1 rings (SSSR count). The summed E-state index contributed by atoms with van der Waals surface area (Å²) in [6.45, 7) is 2.23. The summed E-state index contributed by atoms with van der Waals surface area (Å²) in [6.07, 6.45) is 8.44. The van der Waals surface area contributed by atoms with Gasteiger partial charge in [0.25, 0.3) is 0 Å². The van der Waals surface area contributed by atoms with E-state index in [1.807, 2.05) is 0 Å². The fourth-order valence-electron chi connectivity index (χ4n) is 2.74. The van der Waals surface area contributed by atoms with Crippen LogP contribution in [0, 0.1) is 5.92 Å². The molecule has 0 radical (unpaired) electrons. The van der Waals surface area contributed by atoms with Crippen LogP contribution in [-0.2, 0) is 9.53 Å². The van der Waals surface area contributed by atoms with Gasteiger partial charge in [0.05, 0.1) is 13.5 Å². The van der Waals surface area contributed by atoms with Crippen molar-refractivity contribution in [3.8, 4) is 0 Å². The van der Waals surface area contributed by atoms with Crippen LogP contribution in [0.3, 0.4) is 0 Å². The average molecular weight is 227 g/mol. The zero-order valence-electron chi connectivity index (χ0n) is 10.6. The van der Waals surface area contributed by atoms with Gasteiger partial charge >= 0.3 is 5.97 Å². The standard InChI is InChI=1S/C13H25NO2/c1-3-5-11-6-4-8-13(14,9-7-11)10-12(15)16-2/h11H,3-10,14H2,1-2H3. The fourth-order valence-corrected chi connectivity index (χ4v) is 2.74. The highest BCUT2D eigenvalue weighted by Gasteiger charge is 2.31. The lowest BCUT2D eigenvalue weighted by Crippen LogP contribution is -2.41. The molecule has 1 aliphatic rings. The Labute approximate surface area is 98.7 Å². The summed E-state index contributed by atoms with van der Waals surface area (Å²) in [7, 11) is 1.43. The molecule has 3 nitrogen and oxygen atoms in total. The molecule has 2 N–H and O–H groups in total. The van der Waals surface area contributed by atoms with Crippen LogP contribution < -0.4 is 5.73 Å². The maximum absolute atomic E-state index is 11.3. The van der Waals surface area contributed by atoms with Gasteiger partial charge in [0.15, 0.2) is 0 Å². The number of rotatable bonds is 4. The van der Waals surface area contributed by atoms with Crippen LogP contribution in [0.4, 0.5) is 0 Å². The van der Waals surface area contributed by atoms with E-state index in [2.05, 4.69) is 6.92 Å². The van der Waals surface area contributed by atoms with Gasteiger partial charge in [0.1, 0.15) is 0 Å². The van der Waals surface area contributed by atoms with E-state index in [0.29, 0.717) is 6.42 Å². The molecule has 1 fully saturated rings. The third-order valence-electron chi connectivity index (χ3n) is 3.76.